The van der Waals surface area contributed by atoms with Gasteiger partial charge in [-0.2, -0.15) is 0 Å². The van der Waals surface area contributed by atoms with Crippen molar-refractivity contribution >= 4 is 5.91 Å². The lowest BCUT2D eigenvalue weighted by atomic mass is 10.1. The summed E-state index contributed by atoms with van der Waals surface area (Å²) in [6.45, 7) is 2.08. The Labute approximate surface area is 155 Å². The molecule has 0 spiro atoms. The highest BCUT2D eigenvalue weighted by atomic mass is 16.3. The SMILES string of the molecule is CCCCCCCC/C=C\CCCCCCCC(=O)NC[C@H](O)CO. The highest BCUT2D eigenvalue weighted by Crippen LogP contribution is 2.09. The molecule has 1 atom stereocenters. The Morgan fingerprint density at radius 3 is 1.96 bits per heavy atom. The molecule has 0 aromatic rings. The van der Waals surface area contributed by atoms with Crippen LogP contribution in [0.15, 0.2) is 12.2 Å². The molecule has 0 rings (SSSR count). The van der Waals surface area contributed by atoms with E-state index in [0.29, 0.717) is 6.42 Å². The van der Waals surface area contributed by atoms with E-state index in [2.05, 4.69) is 24.4 Å². The molecular weight excluding hydrogens is 314 g/mol. The number of amides is 1. The summed E-state index contributed by atoms with van der Waals surface area (Å²) < 4.78 is 0. The van der Waals surface area contributed by atoms with Crippen LogP contribution in [0, 0.1) is 0 Å². The monoisotopic (exact) mass is 355 g/mol. The zero-order valence-corrected chi connectivity index (χ0v) is 16.3. The average Bonchev–Trinajstić information content (AvgIpc) is 2.62. The Morgan fingerprint density at radius 2 is 1.40 bits per heavy atom. The van der Waals surface area contributed by atoms with Crippen molar-refractivity contribution in [3.63, 3.8) is 0 Å². The molecule has 0 saturated carbocycles. The Balaban J connectivity index is 3.22. The fourth-order valence-electron chi connectivity index (χ4n) is 2.74. The van der Waals surface area contributed by atoms with Crippen molar-refractivity contribution in [1.82, 2.24) is 5.32 Å². The standard InChI is InChI=1S/C21H41NO3/c1-2-3-4-5-6-7-8-9-10-11-12-13-14-15-16-17-21(25)22-18-20(24)19-23/h9-10,20,23-24H,2-8,11-19H2,1H3,(H,22,25)/b10-9-/t20-/m0/s1. The Hall–Kier alpha value is -0.870. The third-order valence-corrected chi connectivity index (χ3v) is 4.41. The Kier molecular flexibility index (Phi) is 18.8. The summed E-state index contributed by atoms with van der Waals surface area (Å²) in [5.74, 6) is -0.0369. The van der Waals surface area contributed by atoms with Crippen LogP contribution in [-0.4, -0.2) is 35.4 Å². The van der Waals surface area contributed by atoms with Gasteiger partial charge in [-0.1, -0.05) is 70.4 Å². The zero-order chi connectivity index (χ0) is 18.6. The van der Waals surface area contributed by atoms with Crippen molar-refractivity contribution < 1.29 is 15.0 Å². The van der Waals surface area contributed by atoms with Gasteiger partial charge in [-0.15, -0.1) is 0 Å². The van der Waals surface area contributed by atoms with E-state index < -0.39 is 6.10 Å². The van der Waals surface area contributed by atoms with E-state index >= 15 is 0 Å². The van der Waals surface area contributed by atoms with Gasteiger partial charge in [0.25, 0.3) is 0 Å². The number of hydrogen-bond acceptors (Lipinski definition) is 3. The summed E-state index contributed by atoms with van der Waals surface area (Å²) in [7, 11) is 0. The number of rotatable bonds is 18. The normalized spacial score (nSPS) is 12.6. The van der Waals surface area contributed by atoms with E-state index in [1.54, 1.807) is 0 Å². The van der Waals surface area contributed by atoms with Gasteiger partial charge in [-0.25, -0.2) is 0 Å². The van der Waals surface area contributed by atoms with Crippen LogP contribution in [0.3, 0.4) is 0 Å². The van der Waals surface area contributed by atoms with Crippen molar-refractivity contribution in [2.75, 3.05) is 13.2 Å². The average molecular weight is 356 g/mol. The van der Waals surface area contributed by atoms with Crippen molar-refractivity contribution in [3.05, 3.63) is 12.2 Å². The molecule has 1 amide bonds. The van der Waals surface area contributed by atoms with Crippen LogP contribution in [0.2, 0.25) is 0 Å². The molecule has 0 saturated heterocycles. The highest BCUT2D eigenvalue weighted by Gasteiger charge is 2.05. The van der Waals surface area contributed by atoms with Gasteiger partial charge >= 0.3 is 0 Å². The summed E-state index contributed by atoms with van der Waals surface area (Å²) in [5.41, 5.74) is 0. The van der Waals surface area contributed by atoms with Crippen molar-refractivity contribution in [3.8, 4) is 0 Å². The lowest BCUT2D eigenvalue weighted by Gasteiger charge is -2.08. The van der Waals surface area contributed by atoms with Crippen LogP contribution in [0.1, 0.15) is 96.8 Å². The number of aliphatic hydroxyl groups is 2. The van der Waals surface area contributed by atoms with E-state index in [1.165, 1.54) is 70.6 Å². The first-order chi connectivity index (χ1) is 12.2. The Bertz CT molecular complexity index is 318. The number of unbranched alkanes of at least 4 members (excludes halogenated alkanes) is 11. The number of aliphatic hydroxyl groups excluding tert-OH is 2. The molecule has 0 aliphatic carbocycles. The van der Waals surface area contributed by atoms with E-state index in [1.807, 2.05) is 0 Å². The first-order valence-electron chi connectivity index (χ1n) is 10.4. The molecule has 0 radical (unpaired) electrons. The minimum absolute atomic E-state index is 0.0369. The van der Waals surface area contributed by atoms with Crippen molar-refractivity contribution in [2.45, 2.75) is 103 Å². The van der Waals surface area contributed by atoms with Crippen LogP contribution in [0.5, 0.6) is 0 Å². The maximum absolute atomic E-state index is 11.5. The number of carbonyl (C=O) groups is 1. The fourth-order valence-corrected chi connectivity index (χ4v) is 2.74. The largest absolute Gasteiger partial charge is 0.394 e. The molecule has 148 valence electrons. The number of hydrogen-bond donors (Lipinski definition) is 3. The molecule has 3 N–H and O–H groups in total. The quantitative estimate of drug-likeness (QED) is 0.250. The van der Waals surface area contributed by atoms with Gasteiger partial charge in [-0.3, -0.25) is 4.79 Å². The molecule has 4 nitrogen and oxygen atoms in total. The minimum atomic E-state index is -0.849. The van der Waals surface area contributed by atoms with Crippen LogP contribution < -0.4 is 5.32 Å². The fraction of sp³-hybridized carbons (Fsp3) is 0.857. The summed E-state index contributed by atoms with van der Waals surface area (Å²) in [6.07, 6.45) is 20.5. The molecule has 4 heteroatoms. The predicted octanol–water partition coefficient (Wildman–Crippen LogP) is 4.49. The molecule has 0 aromatic heterocycles. The minimum Gasteiger partial charge on any atom is -0.394 e. The molecule has 0 aromatic carbocycles. The number of allylic oxidation sites excluding steroid dienone is 2. The molecule has 0 fully saturated rings. The van der Waals surface area contributed by atoms with Crippen LogP contribution in [0.4, 0.5) is 0 Å². The number of carbonyl (C=O) groups excluding carboxylic acids is 1. The zero-order valence-electron chi connectivity index (χ0n) is 16.3. The third-order valence-electron chi connectivity index (χ3n) is 4.41. The maximum Gasteiger partial charge on any atom is 0.220 e. The topological polar surface area (TPSA) is 69.6 Å². The van der Waals surface area contributed by atoms with Gasteiger partial charge in [-0.05, 0) is 32.1 Å². The first-order valence-corrected chi connectivity index (χ1v) is 10.4. The van der Waals surface area contributed by atoms with Crippen LogP contribution in [-0.2, 0) is 4.79 Å². The molecule has 25 heavy (non-hydrogen) atoms. The summed E-state index contributed by atoms with van der Waals surface area (Å²) in [6, 6.07) is 0. The van der Waals surface area contributed by atoms with E-state index in [0.717, 1.165) is 12.8 Å². The van der Waals surface area contributed by atoms with Gasteiger partial charge in [0, 0.05) is 13.0 Å². The molecule has 0 aliphatic rings. The molecule has 0 heterocycles. The second-order valence-electron chi connectivity index (χ2n) is 6.97. The van der Waals surface area contributed by atoms with E-state index in [4.69, 9.17) is 10.2 Å². The lowest BCUT2D eigenvalue weighted by molar-refractivity contribution is -0.121. The molecule has 0 bridgehead atoms. The second kappa shape index (κ2) is 19.5. The van der Waals surface area contributed by atoms with Crippen molar-refractivity contribution in [1.29, 1.82) is 0 Å². The van der Waals surface area contributed by atoms with Crippen molar-refractivity contribution in [2.24, 2.45) is 0 Å². The van der Waals surface area contributed by atoms with E-state index in [9.17, 15) is 4.79 Å². The Morgan fingerprint density at radius 1 is 0.880 bits per heavy atom. The maximum atomic E-state index is 11.5. The molecule has 0 unspecified atom stereocenters. The van der Waals surface area contributed by atoms with Gasteiger partial charge in [0.2, 0.25) is 5.91 Å². The summed E-state index contributed by atoms with van der Waals surface area (Å²) >= 11 is 0. The number of nitrogens with one attached hydrogen (secondary N) is 1. The third kappa shape index (κ3) is 19.3. The molecular formula is C21H41NO3. The van der Waals surface area contributed by atoms with Gasteiger partial charge in [0.05, 0.1) is 12.7 Å². The first kappa shape index (κ1) is 24.1. The van der Waals surface area contributed by atoms with Crippen LogP contribution in [0.25, 0.3) is 0 Å². The molecule has 0 aliphatic heterocycles. The van der Waals surface area contributed by atoms with Gasteiger partial charge < -0.3 is 15.5 Å². The summed E-state index contributed by atoms with van der Waals surface area (Å²) in [4.78, 5) is 11.5. The van der Waals surface area contributed by atoms with Gasteiger partial charge in [0.15, 0.2) is 0 Å². The van der Waals surface area contributed by atoms with Gasteiger partial charge in [0.1, 0.15) is 0 Å². The second-order valence-corrected chi connectivity index (χ2v) is 6.97. The van der Waals surface area contributed by atoms with E-state index in [-0.39, 0.29) is 19.1 Å². The summed E-state index contributed by atoms with van der Waals surface area (Å²) in [5, 5.41) is 20.4. The predicted molar refractivity (Wildman–Crippen MR) is 106 cm³/mol. The smallest absolute Gasteiger partial charge is 0.220 e. The van der Waals surface area contributed by atoms with Crippen LogP contribution >= 0.6 is 0 Å². The highest BCUT2D eigenvalue weighted by molar-refractivity contribution is 5.75. The lowest BCUT2D eigenvalue weighted by Crippen LogP contribution is -2.33.